The van der Waals surface area contributed by atoms with Gasteiger partial charge in [-0.2, -0.15) is 0 Å². The van der Waals surface area contributed by atoms with Gasteiger partial charge < -0.3 is 15.4 Å². The van der Waals surface area contributed by atoms with E-state index in [9.17, 15) is 0 Å². The number of nitrogens with one attached hydrogen (secondary N) is 2. The van der Waals surface area contributed by atoms with E-state index in [4.69, 9.17) is 4.74 Å². The van der Waals surface area contributed by atoms with Gasteiger partial charge in [0.25, 0.3) is 0 Å². The third-order valence-corrected chi connectivity index (χ3v) is 4.18. The standard InChI is InChI=1S/C15H22N2O/c1-15(5-8-16-9-6-15)11-18-13-2-3-14-12(10-13)4-7-17-14/h2-3,10,16-17H,4-9,11H2,1H3. The van der Waals surface area contributed by atoms with Crippen molar-refractivity contribution in [3.8, 4) is 5.75 Å². The highest BCUT2D eigenvalue weighted by Crippen LogP contribution is 2.31. The number of piperidine rings is 1. The summed E-state index contributed by atoms with van der Waals surface area (Å²) in [4.78, 5) is 0. The van der Waals surface area contributed by atoms with Crippen LogP contribution in [0, 0.1) is 5.41 Å². The molecule has 1 fully saturated rings. The van der Waals surface area contributed by atoms with Crippen LogP contribution in [0.5, 0.6) is 5.75 Å². The zero-order valence-electron chi connectivity index (χ0n) is 11.1. The SMILES string of the molecule is CC1(COc2ccc3c(c2)CCN3)CCNCC1. The molecule has 18 heavy (non-hydrogen) atoms. The zero-order valence-corrected chi connectivity index (χ0v) is 11.1. The van der Waals surface area contributed by atoms with E-state index in [1.165, 1.54) is 24.1 Å². The summed E-state index contributed by atoms with van der Waals surface area (Å²) < 4.78 is 6.02. The van der Waals surface area contributed by atoms with Crippen LogP contribution in [-0.2, 0) is 6.42 Å². The van der Waals surface area contributed by atoms with Gasteiger partial charge in [-0.15, -0.1) is 0 Å². The van der Waals surface area contributed by atoms with Gasteiger partial charge in [-0.25, -0.2) is 0 Å². The monoisotopic (exact) mass is 246 g/mol. The van der Waals surface area contributed by atoms with Crippen LogP contribution in [0.3, 0.4) is 0 Å². The number of hydrogen-bond acceptors (Lipinski definition) is 3. The van der Waals surface area contributed by atoms with E-state index in [0.717, 1.165) is 38.4 Å². The molecule has 3 rings (SSSR count). The number of fused-ring (bicyclic) bond motifs is 1. The Hall–Kier alpha value is -1.22. The molecule has 3 nitrogen and oxygen atoms in total. The average Bonchev–Trinajstić information content (AvgIpc) is 2.85. The second-order valence-corrected chi connectivity index (χ2v) is 5.85. The number of hydrogen-bond donors (Lipinski definition) is 2. The molecule has 0 aromatic heterocycles. The van der Waals surface area contributed by atoms with Crippen LogP contribution in [0.4, 0.5) is 5.69 Å². The van der Waals surface area contributed by atoms with Crippen molar-refractivity contribution in [3.05, 3.63) is 23.8 Å². The second-order valence-electron chi connectivity index (χ2n) is 5.85. The van der Waals surface area contributed by atoms with Crippen molar-refractivity contribution in [3.63, 3.8) is 0 Å². The molecule has 0 saturated carbocycles. The maximum absolute atomic E-state index is 6.02. The summed E-state index contributed by atoms with van der Waals surface area (Å²) in [6, 6.07) is 6.42. The van der Waals surface area contributed by atoms with E-state index in [2.05, 4.69) is 35.8 Å². The second kappa shape index (κ2) is 4.81. The average molecular weight is 246 g/mol. The van der Waals surface area contributed by atoms with Gasteiger partial charge >= 0.3 is 0 Å². The number of ether oxygens (including phenoxy) is 1. The summed E-state index contributed by atoms with van der Waals surface area (Å²) in [7, 11) is 0. The van der Waals surface area contributed by atoms with E-state index in [0.29, 0.717) is 5.41 Å². The van der Waals surface area contributed by atoms with Crippen molar-refractivity contribution < 1.29 is 4.74 Å². The van der Waals surface area contributed by atoms with Crippen molar-refractivity contribution in [1.82, 2.24) is 5.32 Å². The Kier molecular flexibility index (Phi) is 3.16. The van der Waals surface area contributed by atoms with Gasteiger partial charge in [0.1, 0.15) is 5.75 Å². The molecule has 1 aromatic rings. The molecular weight excluding hydrogens is 224 g/mol. The summed E-state index contributed by atoms with van der Waals surface area (Å²) in [5.74, 6) is 1.03. The molecule has 2 aliphatic heterocycles. The van der Waals surface area contributed by atoms with Crippen molar-refractivity contribution >= 4 is 5.69 Å². The Balaban J connectivity index is 1.62. The minimum Gasteiger partial charge on any atom is -0.493 e. The molecular formula is C15H22N2O. The van der Waals surface area contributed by atoms with E-state index < -0.39 is 0 Å². The van der Waals surface area contributed by atoms with Crippen molar-refractivity contribution in [2.75, 3.05) is 31.6 Å². The van der Waals surface area contributed by atoms with Gasteiger partial charge in [-0.3, -0.25) is 0 Å². The summed E-state index contributed by atoms with van der Waals surface area (Å²) in [6.45, 7) is 6.47. The molecule has 1 aromatic carbocycles. The summed E-state index contributed by atoms with van der Waals surface area (Å²) in [5.41, 5.74) is 3.00. The molecule has 3 heteroatoms. The molecule has 2 aliphatic rings. The fourth-order valence-electron chi connectivity index (χ4n) is 2.80. The van der Waals surface area contributed by atoms with Gasteiger partial charge in [0.2, 0.25) is 0 Å². The first kappa shape index (κ1) is 11.8. The van der Waals surface area contributed by atoms with E-state index in [1.807, 2.05) is 0 Å². The highest BCUT2D eigenvalue weighted by molar-refractivity contribution is 5.57. The molecule has 2 heterocycles. The minimum atomic E-state index is 0.336. The maximum Gasteiger partial charge on any atom is 0.119 e. The predicted octanol–water partition coefficient (Wildman–Crippen LogP) is 2.42. The lowest BCUT2D eigenvalue weighted by molar-refractivity contribution is 0.123. The van der Waals surface area contributed by atoms with Gasteiger partial charge in [-0.1, -0.05) is 6.92 Å². The molecule has 0 unspecified atom stereocenters. The van der Waals surface area contributed by atoms with Crippen LogP contribution in [0.15, 0.2) is 18.2 Å². The largest absolute Gasteiger partial charge is 0.493 e. The maximum atomic E-state index is 6.02. The molecule has 0 spiro atoms. The molecule has 0 bridgehead atoms. The highest BCUT2D eigenvalue weighted by Gasteiger charge is 2.27. The van der Waals surface area contributed by atoms with Crippen LogP contribution in [-0.4, -0.2) is 26.2 Å². The molecule has 1 saturated heterocycles. The molecule has 98 valence electrons. The van der Waals surface area contributed by atoms with Gasteiger partial charge in [0.15, 0.2) is 0 Å². The Bertz CT molecular complexity index is 425. The lowest BCUT2D eigenvalue weighted by atomic mass is 9.82. The van der Waals surface area contributed by atoms with Crippen LogP contribution >= 0.6 is 0 Å². The normalized spacial score (nSPS) is 21.2. The Morgan fingerprint density at radius 2 is 2.06 bits per heavy atom. The summed E-state index contributed by atoms with van der Waals surface area (Å²) in [5, 5.41) is 6.78. The van der Waals surface area contributed by atoms with Crippen LogP contribution in [0.2, 0.25) is 0 Å². The van der Waals surface area contributed by atoms with E-state index in [-0.39, 0.29) is 0 Å². The molecule has 2 N–H and O–H groups in total. The van der Waals surface area contributed by atoms with Crippen molar-refractivity contribution in [2.24, 2.45) is 5.41 Å². The van der Waals surface area contributed by atoms with Crippen LogP contribution in [0.1, 0.15) is 25.3 Å². The van der Waals surface area contributed by atoms with Gasteiger partial charge in [0, 0.05) is 17.6 Å². The first-order valence-electron chi connectivity index (χ1n) is 6.96. The smallest absolute Gasteiger partial charge is 0.119 e. The fourth-order valence-corrected chi connectivity index (χ4v) is 2.80. The number of rotatable bonds is 3. The number of benzene rings is 1. The Labute approximate surface area is 109 Å². The van der Waals surface area contributed by atoms with Crippen LogP contribution in [0.25, 0.3) is 0 Å². The minimum absolute atomic E-state index is 0.336. The zero-order chi connectivity index (χ0) is 12.4. The molecule has 0 aliphatic carbocycles. The van der Waals surface area contributed by atoms with Crippen molar-refractivity contribution in [1.29, 1.82) is 0 Å². The topological polar surface area (TPSA) is 33.3 Å². The third kappa shape index (κ3) is 2.46. The first-order valence-corrected chi connectivity index (χ1v) is 6.96. The van der Waals surface area contributed by atoms with E-state index in [1.54, 1.807) is 0 Å². The highest BCUT2D eigenvalue weighted by atomic mass is 16.5. The Morgan fingerprint density at radius 1 is 1.22 bits per heavy atom. The summed E-state index contributed by atoms with van der Waals surface area (Å²) in [6.07, 6.45) is 3.53. The lowest BCUT2D eigenvalue weighted by Crippen LogP contribution is -2.38. The van der Waals surface area contributed by atoms with Crippen molar-refractivity contribution in [2.45, 2.75) is 26.2 Å². The van der Waals surface area contributed by atoms with Crippen LogP contribution < -0.4 is 15.4 Å². The van der Waals surface area contributed by atoms with Gasteiger partial charge in [-0.05, 0) is 56.1 Å². The Morgan fingerprint density at radius 3 is 2.89 bits per heavy atom. The predicted molar refractivity (Wildman–Crippen MR) is 74.3 cm³/mol. The van der Waals surface area contributed by atoms with Gasteiger partial charge in [0.05, 0.1) is 6.61 Å². The van der Waals surface area contributed by atoms with E-state index >= 15 is 0 Å². The summed E-state index contributed by atoms with van der Waals surface area (Å²) >= 11 is 0. The number of anilines is 1. The quantitative estimate of drug-likeness (QED) is 0.859. The molecule has 0 amide bonds. The lowest BCUT2D eigenvalue weighted by Gasteiger charge is -2.33. The molecule has 0 atom stereocenters. The fraction of sp³-hybridized carbons (Fsp3) is 0.600. The molecule has 0 radical (unpaired) electrons. The first-order chi connectivity index (χ1) is 8.75. The third-order valence-electron chi connectivity index (χ3n) is 4.18.